The molecule has 0 saturated carbocycles. The van der Waals surface area contributed by atoms with E-state index in [0.717, 1.165) is 31.5 Å². The van der Waals surface area contributed by atoms with Crippen molar-refractivity contribution in [3.8, 4) is 0 Å². The number of halogens is 3. The van der Waals surface area contributed by atoms with Crippen LogP contribution in [0.25, 0.3) is 11.0 Å². The summed E-state index contributed by atoms with van der Waals surface area (Å²) in [5.41, 5.74) is 0.742. The molecule has 0 radical (unpaired) electrons. The van der Waals surface area contributed by atoms with Crippen LogP contribution in [-0.2, 0) is 0 Å². The van der Waals surface area contributed by atoms with E-state index in [4.69, 9.17) is 16.0 Å². The zero-order chi connectivity index (χ0) is 15.0. The fraction of sp³-hybridized carbons (Fsp3) is 0.200. The molecular formula is C15H12Br2ClNOS. The number of nitrogens with one attached hydrogen (secondary N) is 1. The maximum absolute atomic E-state index is 6.20. The van der Waals surface area contributed by atoms with Gasteiger partial charge in [0, 0.05) is 14.7 Å². The molecule has 110 valence electrons. The third-order valence-corrected chi connectivity index (χ3v) is 6.78. The quantitative estimate of drug-likeness (QED) is 0.501. The number of furan rings is 1. The summed E-state index contributed by atoms with van der Waals surface area (Å²) in [6.45, 7) is 2.93. The van der Waals surface area contributed by atoms with Crippen molar-refractivity contribution in [3.63, 3.8) is 0 Å². The van der Waals surface area contributed by atoms with E-state index in [1.807, 2.05) is 18.2 Å². The largest absolute Gasteiger partial charge is 0.457 e. The fourth-order valence-corrected chi connectivity index (χ4v) is 4.63. The van der Waals surface area contributed by atoms with Crippen molar-refractivity contribution in [2.24, 2.45) is 0 Å². The molecule has 2 nitrogen and oxygen atoms in total. The van der Waals surface area contributed by atoms with E-state index in [9.17, 15) is 0 Å². The van der Waals surface area contributed by atoms with Crippen LogP contribution in [0.2, 0.25) is 5.02 Å². The second-order valence-electron chi connectivity index (χ2n) is 4.57. The van der Waals surface area contributed by atoms with E-state index in [1.54, 1.807) is 11.3 Å². The summed E-state index contributed by atoms with van der Waals surface area (Å²) in [5, 5.41) is 5.13. The molecule has 1 N–H and O–H groups in total. The first-order valence-corrected chi connectivity index (χ1v) is 9.24. The Morgan fingerprint density at radius 3 is 2.76 bits per heavy atom. The first-order valence-electron chi connectivity index (χ1n) is 6.46. The van der Waals surface area contributed by atoms with Crippen molar-refractivity contribution in [1.29, 1.82) is 0 Å². The number of thiophene rings is 1. The second kappa shape index (κ2) is 6.42. The molecule has 1 unspecified atom stereocenters. The van der Waals surface area contributed by atoms with Gasteiger partial charge in [0.15, 0.2) is 5.58 Å². The third-order valence-electron chi connectivity index (χ3n) is 3.16. The summed E-state index contributed by atoms with van der Waals surface area (Å²) >= 11 is 15.0. The van der Waals surface area contributed by atoms with Crippen LogP contribution in [0, 0.1) is 0 Å². The number of fused-ring (bicyclic) bond motifs is 1. The van der Waals surface area contributed by atoms with Gasteiger partial charge in [0.1, 0.15) is 11.8 Å². The van der Waals surface area contributed by atoms with Crippen LogP contribution in [0.3, 0.4) is 0 Å². The highest BCUT2D eigenvalue weighted by Crippen LogP contribution is 2.39. The molecule has 0 bridgehead atoms. The highest BCUT2D eigenvalue weighted by Gasteiger charge is 2.21. The van der Waals surface area contributed by atoms with Gasteiger partial charge >= 0.3 is 0 Å². The molecule has 0 aliphatic carbocycles. The predicted molar refractivity (Wildman–Crippen MR) is 96.5 cm³/mol. The van der Waals surface area contributed by atoms with Gasteiger partial charge in [-0.1, -0.05) is 30.7 Å². The zero-order valence-corrected chi connectivity index (χ0v) is 15.9. The minimum atomic E-state index is 0.0195. The predicted octanol–water partition coefficient (Wildman–Crippen LogP) is 6.37. The summed E-state index contributed by atoms with van der Waals surface area (Å²) < 4.78 is 8.13. The normalized spacial score (nSPS) is 13.0. The Kier molecular flexibility index (Phi) is 4.76. The highest BCUT2D eigenvalue weighted by atomic mass is 79.9. The van der Waals surface area contributed by atoms with E-state index >= 15 is 0 Å². The molecule has 0 fully saturated rings. The molecule has 0 aliphatic rings. The maximum atomic E-state index is 6.20. The van der Waals surface area contributed by atoms with Crippen molar-refractivity contribution in [2.45, 2.75) is 13.0 Å². The van der Waals surface area contributed by atoms with Crippen molar-refractivity contribution >= 4 is 65.8 Å². The minimum absolute atomic E-state index is 0.0195. The standard InChI is InChI=1S/C15H12Br2ClNOS/c1-2-19-13(12-7-9(16)15(17)21-12)11-6-8-4-3-5-10(18)14(8)20-11/h3-7,13,19H,2H2,1H3. The molecule has 6 heteroatoms. The van der Waals surface area contributed by atoms with E-state index in [1.165, 1.54) is 4.88 Å². The lowest BCUT2D eigenvalue weighted by Crippen LogP contribution is -2.20. The lowest BCUT2D eigenvalue weighted by Gasteiger charge is -2.13. The van der Waals surface area contributed by atoms with Gasteiger partial charge in [-0.2, -0.15) is 0 Å². The summed E-state index contributed by atoms with van der Waals surface area (Å²) in [6, 6.07) is 9.97. The van der Waals surface area contributed by atoms with Crippen molar-refractivity contribution in [1.82, 2.24) is 5.32 Å². The summed E-state index contributed by atoms with van der Waals surface area (Å²) in [6.07, 6.45) is 0. The summed E-state index contributed by atoms with van der Waals surface area (Å²) in [7, 11) is 0. The zero-order valence-electron chi connectivity index (χ0n) is 11.1. The average Bonchev–Trinajstić information content (AvgIpc) is 3.01. The summed E-state index contributed by atoms with van der Waals surface area (Å²) in [4.78, 5) is 1.19. The lowest BCUT2D eigenvalue weighted by atomic mass is 10.1. The average molecular weight is 450 g/mol. The van der Waals surface area contributed by atoms with Crippen LogP contribution in [0.5, 0.6) is 0 Å². The smallest absolute Gasteiger partial charge is 0.152 e. The van der Waals surface area contributed by atoms with Crippen LogP contribution in [-0.4, -0.2) is 6.54 Å². The van der Waals surface area contributed by atoms with Crippen molar-refractivity contribution in [3.05, 3.63) is 54.3 Å². The maximum Gasteiger partial charge on any atom is 0.152 e. The molecule has 0 aliphatic heterocycles. The van der Waals surface area contributed by atoms with Gasteiger partial charge in [-0.3, -0.25) is 0 Å². The van der Waals surface area contributed by atoms with Crippen molar-refractivity contribution in [2.75, 3.05) is 6.54 Å². The Labute approximate surface area is 148 Å². The molecule has 0 saturated heterocycles. The van der Waals surface area contributed by atoms with Gasteiger partial charge in [-0.15, -0.1) is 11.3 Å². The Hall–Kier alpha value is -0.330. The Bertz CT molecular complexity index is 764. The van der Waals surface area contributed by atoms with Crippen molar-refractivity contribution < 1.29 is 4.42 Å². The van der Waals surface area contributed by atoms with Crippen LogP contribution >= 0.6 is 54.8 Å². The topological polar surface area (TPSA) is 25.2 Å². The number of rotatable bonds is 4. The molecule has 21 heavy (non-hydrogen) atoms. The highest BCUT2D eigenvalue weighted by molar-refractivity contribution is 9.13. The van der Waals surface area contributed by atoms with Gasteiger partial charge in [-0.25, -0.2) is 0 Å². The number of para-hydroxylation sites is 1. The molecule has 2 heterocycles. The first-order chi connectivity index (χ1) is 10.1. The van der Waals surface area contributed by atoms with E-state index in [-0.39, 0.29) is 6.04 Å². The number of hydrogen-bond donors (Lipinski definition) is 1. The Morgan fingerprint density at radius 2 is 2.14 bits per heavy atom. The molecule has 1 atom stereocenters. The molecular weight excluding hydrogens is 437 g/mol. The number of hydrogen-bond acceptors (Lipinski definition) is 3. The number of benzene rings is 1. The molecule has 1 aromatic carbocycles. The Morgan fingerprint density at radius 1 is 1.33 bits per heavy atom. The van der Waals surface area contributed by atoms with E-state index in [0.29, 0.717) is 5.02 Å². The first kappa shape index (κ1) is 15.6. The third kappa shape index (κ3) is 3.08. The summed E-state index contributed by atoms with van der Waals surface area (Å²) in [5.74, 6) is 0.876. The molecule has 3 rings (SSSR count). The van der Waals surface area contributed by atoms with Gasteiger partial charge in [-0.05, 0) is 56.6 Å². The van der Waals surface area contributed by atoms with Gasteiger partial charge < -0.3 is 9.73 Å². The van der Waals surface area contributed by atoms with Crippen LogP contribution in [0.1, 0.15) is 23.6 Å². The fourth-order valence-electron chi connectivity index (χ4n) is 2.24. The van der Waals surface area contributed by atoms with Gasteiger partial charge in [0.2, 0.25) is 0 Å². The molecule has 2 aromatic heterocycles. The van der Waals surface area contributed by atoms with Crippen LogP contribution in [0.4, 0.5) is 0 Å². The van der Waals surface area contributed by atoms with Crippen LogP contribution < -0.4 is 5.32 Å². The van der Waals surface area contributed by atoms with E-state index in [2.05, 4.69) is 56.2 Å². The minimum Gasteiger partial charge on any atom is -0.457 e. The van der Waals surface area contributed by atoms with E-state index < -0.39 is 0 Å². The molecule has 0 spiro atoms. The van der Waals surface area contributed by atoms with Gasteiger partial charge in [0.25, 0.3) is 0 Å². The Balaban J connectivity index is 2.08. The monoisotopic (exact) mass is 447 g/mol. The van der Waals surface area contributed by atoms with Gasteiger partial charge in [0.05, 0.1) is 8.81 Å². The molecule has 3 aromatic rings. The lowest BCUT2D eigenvalue weighted by molar-refractivity contribution is 0.481. The second-order valence-corrected chi connectivity index (χ2v) is 8.23. The SMILES string of the molecule is CCNC(c1cc2cccc(Cl)c2o1)c1cc(Br)c(Br)s1. The van der Waals surface area contributed by atoms with Crippen LogP contribution in [0.15, 0.2) is 43.0 Å². The molecule has 0 amide bonds.